The number of hydrogen-bond donors (Lipinski definition) is 1. The summed E-state index contributed by atoms with van der Waals surface area (Å²) in [7, 11) is 1.60. The Morgan fingerprint density at radius 1 is 1.09 bits per heavy atom. The van der Waals surface area contributed by atoms with E-state index in [2.05, 4.69) is 5.32 Å². The van der Waals surface area contributed by atoms with Crippen LogP contribution < -0.4 is 14.5 Å². The molecule has 2 aromatic rings. The van der Waals surface area contributed by atoms with Gasteiger partial charge in [0.2, 0.25) is 0 Å². The van der Waals surface area contributed by atoms with Gasteiger partial charge in [0.25, 0.3) is 0 Å². The van der Waals surface area contributed by atoms with Gasteiger partial charge in [-0.1, -0.05) is 0 Å². The molecule has 0 unspecified atom stereocenters. The van der Waals surface area contributed by atoms with E-state index in [-0.39, 0.29) is 26.6 Å². The summed E-state index contributed by atoms with van der Waals surface area (Å²) < 4.78 is 6.03. The van der Waals surface area contributed by atoms with Crippen molar-refractivity contribution in [1.82, 2.24) is 0 Å². The van der Waals surface area contributed by atoms with Crippen molar-refractivity contribution >= 4 is 36.8 Å². The minimum atomic E-state index is -0.161. The summed E-state index contributed by atoms with van der Waals surface area (Å²) in [6.45, 7) is 1.57. The van der Waals surface area contributed by atoms with E-state index in [0.29, 0.717) is 16.6 Å². The summed E-state index contributed by atoms with van der Waals surface area (Å²) in [5, 5.41) is 3.37. The van der Waals surface area contributed by atoms with Crippen molar-refractivity contribution in [3.05, 3.63) is 54.1 Å². The van der Waals surface area contributed by atoms with Crippen LogP contribution >= 0.6 is 0 Å². The summed E-state index contributed by atoms with van der Waals surface area (Å²) >= 11 is -0.0281. The van der Waals surface area contributed by atoms with Crippen LogP contribution in [-0.4, -0.2) is 33.8 Å². The number of ketones is 1. The molecule has 5 heteroatoms. The van der Waals surface area contributed by atoms with Crippen LogP contribution in [0.5, 0.6) is 5.75 Å². The number of benzene rings is 2. The zero-order valence-corrected chi connectivity index (χ0v) is 14.2. The van der Waals surface area contributed by atoms with Crippen molar-refractivity contribution in [2.45, 2.75) is 12.2 Å². The van der Waals surface area contributed by atoms with E-state index in [1.54, 1.807) is 44.4 Å². The topological polar surface area (TPSA) is 55.4 Å². The van der Waals surface area contributed by atoms with Gasteiger partial charge >= 0.3 is 136 Å². The zero-order valence-electron chi connectivity index (χ0n) is 12.5. The predicted molar refractivity (Wildman–Crippen MR) is 88.3 cm³/mol. The van der Waals surface area contributed by atoms with E-state index in [0.717, 1.165) is 10.2 Å². The van der Waals surface area contributed by atoms with E-state index >= 15 is 0 Å². The summed E-state index contributed by atoms with van der Waals surface area (Å²) in [4.78, 5) is 23.6. The first-order valence-electron chi connectivity index (χ1n) is 6.77. The van der Waals surface area contributed by atoms with Crippen molar-refractivity contribution < 1.29 is 14.3 Å². The summed E-state index contributed by atoms with van der Waals surface area (Å²) in [6, 6.07) is 14.6. The Hall–Kier alpha value is -2.10. The van der Waals surface area contributed by atoms with Crippen LogP contribution in [0, 0.1) is 0 Å². The van der Waals surface area contributed by atoms with Gasteiger partial charge in [0.05, 0.1) is 0 Å². The van der Waals surface area contributed by atoms with Crippen molar-refractivity contribution in [2.75, 3.05) is 12.4 Å². The van der Waals surface area contributed by atoms with Gasteiger partial charge < -0.3 is 0 Å². The van der Waals surface area contributed by atoms with Gasteiger partial charge in [-0.2, -0.15) is 0 Å². The van der Waals surface area contributed by atoms with Gasteiger partial charge in [0.15, 0.2) is 0 Å². The Bertz CT molecular complexity index is 668. The number of nitrogens with one attached hydrogen (secondary N) is 1. The fraction of sp³-hybridized carbons (Fsp3) is 0.176. The molecule has 0 radical (unpaired) electrons. The normalized spacial score (nSPS) is 10.1. The van der Waals surface area contributed by atoms with Crippen molar-refractivity contribution in [1.29, 1.82) is 0 Å². The molecule has 2 rings (SSSR count). The third-order valence-corrected chi connectivity index (χ3v) is 5.47. The molecule has 0 aliphatic carbocycles. The first kappa shape index (κ1) is 16.3. The van der Waals surface area contributed by atoms with Crippen LogP contribution in [0.2, 0.25) is 5.32 Å². The van der Waals surface area contributed by atoms with Crippen molar-refractivity contribution in [3.63, 3.8) is 0 Å². The molecule has 0 fully saturated rings. The fourth-order valence-corrected chi connectivity index (χ4v) is 3.62. The SMILES string of the molecule is COc1ccc(NC(=O)c2ccccc2[Se]CC(C)=O)cc1. The molecule has 0 bridgehead atoms. The summed E-state index contributed by atoms with van der Waals surface area (Å²) in [6.07, 6.45) is 0. The molecule has 114 valence electrons. The number of amides is 1. The Morgan fingerprint density at radius 2 is 1.77 bits per heavy atom. The van der Waals surface area contributed by atoms with Crippen LogP contribution in [0.4, 0.5) is 5.69 Å². The average Bonchev–Trinajstić information content (AvgIpc) is 2.54. The van der Waals surface area contributed by atoms with Gasteiger partial charge in [-0.05, 0) is 0 Å². The average molecular weight is 362 g/mol. The summed E-state index contributed by atoms with van der Waals surface area (Å²) in [5.41, 5.74) is 1.33. The van der Waals surface area contributed by atoms with E-state index in [9.17, 15) is 9.59 Å². The first-order chi connectivity index (χ1) is 10.6. The van der Waals surface area contributed by atoms with Gasteiger partial charge in [-0.15, -0.1) is 0 Å². The Labute approximate surface area is 136 Å². The van der Waals surface area contributed by atoms with E-state index in [1.807, 2.05) is 18.2 Å². The number of hydrogen-bond acceptors (Lipinski definition) is 3. The zero-order chi connectivity index (χ0) is 15.9. The maximum atomic E-state index is 12.4. The molecule has 2 aromatic carbocycles. The monoisotopic (exact) mass is 363 g/mol. The van der Waals surface area contributed by atoms with Crippen LogP contribution in [-0.2, 0) is 4.79 Å². The van der Waals surface area contributed by atoms with E-state index in [4.69, 9.17) is 4.74 Å². The molecule has 0 atom stereocenters. The molecule has 1 amide bonds. The second kappa shape index (κ2) is 7.78. The molecule has 0 spiro atoms. The fourth-order valence-electron chi connectivity index (χ4n) is 1.83. The molecule has 0 saturated heterocycles. The molecule has 4 nitrogen and oxygen atoms in total. The Balaban J connectivity index is 2.12. The van der Waals surface area contributed by atoms with Gasteiger partial charge in [-0.3, -0.25) is 0 Å². The third-order valence-electron chi connectivity index (χ3n) is 2.91. The molecule has 0 aliphatic heterocycles. The number of ether oxygens (including phenoxy) is 1. The molecule has 22 heavy (non-hydrogen) atoms. The van der Waals surface area contributed by atoms with Crippen LogP contribution in [0.1, 0.15) is 17.3 Å². The molecular formula is C17H17NO3Se. The molecule has 0 aliphatic rings. The standard InChI is InChI=1S/C17H17NO3Se/c1-12(19)11-22-16-6-4-3-5-15(16)17(20)18-13-7-9-14(21-2)10-8-13/h3-10H,11H2,1-2H3,(H,18,20). The van der Waals surface area contributed by atoms with Gasteiger partial charge in [0, 0.05) is 0 Å². The first-order valence-corrected chi connectivity index (χ1v) is 8.83. The number of carbonyl (C=O) groups excluding carboxylic acids is 2. The quantitative estimate of drug-likeness (QED) is 0.803. The number of Topliss-reactive ketones (excluding diaryl/α,β-unsaturated/α-hetero) is 1. The Kier molecular flexibility index (Phi) is 5.75. The van der Waals surface area contributed by atoms with Gasteiger partial charge in [-0.25, -0.2) is 0 Å². The van der Waals surface area contributed by atoms with Crippen LogP contribution in [0.15, 0.2) is 48.5 Å². The van der Waals surface area contributed by atoms with Crippen molar-refractivity contribution in [2.24, 2.45) is 0 Å². The second-order valence-electron chi connectivity index (χ2n) is 4.67. The van der Waals surface area contributed by atoms with Crippen molar-refractivity contribution in [3.8, 4) is 5.75 Å². The van der Waals surface area contributed by atoms with Crippen LogP contribution in [0.3, 0.4) is 0 Å². The molecular weight excluding hydrogens is 345 g/mol. The van der Waals surface area contributed by atoms with Crippen LogP contribution in [0.25, 0.3) is 0 Å². The maximum absolute atomic E-state index is 12.4. The third kappa shape index (κ3) is 4.45. The summed E-state index contributed by atoms with van der Waals surface area (Å²) in [5.74, 6) is 0.722. The number of anilines is 1. The number of rotatable bonds is 6. The predicted octanol–water partition coefficient (Wildman–Crippen LogP) is 2.28. The number of methoxy groups -OCH3 is 1. The Morgan fingerprint density at radius 3 is 2.41 bits per heavy atom. The molecule has 1 N–H and O–H groups in total. The molecule has 0 saturated carbocycles. The van der Waals surface area contributed by atoms with Gasteiger partial charge in [0.1, 0.15) is 0 Å². The minimum absolute atomic E-state index is 0.0281. The molecule has 0 aromatic heterocycles. The second-order valence-corrected chi connectivity index (χ2v) is 6.80. The molecule has 0 heterocycles. The van der Waals surface area contributed by atoms with E-state index < -0.39 is 0 Å². The number of carbonyl (C=O) groups is 2. The van der Waals surface area contributed by atoms with E-state index in [1.165, 1.54) is 0 Å².